The van der Waals surface area contributed by atoms with E-state index in [4.69, 9.17) is 35.5 Å². The molecule has 352 valence electrons. The Kier molecular flexibility index (Phi) is 12.4. The van der Waals surface area contributed by atoms with E-state index in [1.807, 2.05) is 41.3 Å². The number of rotatable bonds is 12. The lowest BCUT2D eigenvalue weighted by Gasteiger charge is -2.41. The first-order chi connectivity index (χ1) is 32.3. The second kappa shape index (κ2) is 18.4. The summed E-state index contributed by atoms with van der Waals surface area (Å²) >= 11 is 6.28. The van der Waals surface area contributed by atoms with Crippen molar-refractivity contribution in [3.05, 3.63) is 111 Å². The Morgan fingerprint density at radius 1 is 0.970 bits per heavy atom. The molecule has 5 aromatic rings. The Balaban J connectivity index is 0.946. The van der Waals surface area contributed by atoms with Gasteiger partial charge in [0, 0.05) is 67.6 Å². The van der Waals surface area contributed by atoms with Gasteiger partial charge in [0.1, 0.15) is 23.1 Å². The van der Waals surface area contributed by atoms with Crippen molar-refractivity contribution < 1.29 is 37.1 Å². The summed E-state index contributed by atoms with van der Waals surface area (Å²) in [5.74, 6) is -0.563. The van der Waals surface area contributed by atoms with Crippen LogP contribution < -0.4 is 24.6 Å². The maximum absolute atomic E-state index is 14.5. The monoisotopic (exact) mass is 952 g/mol. The van der Waals surface area contributed by atoms with Crippen molar-refractivity contribution in [3.63, 3.8) is 0 Å². The molecule has 0 saturated carbocycles. The van der Waals surface area contributed by atoms with Crippen LogP contribution in [-0.4, -0.2) is 125 Å². The van der Waals surface area contributed by atoms with E-state index in [-0.39, 0.29) is 42.0 Å². The normalized spacial score (nSPS) is 22.0. The highest BCUT2D eigenvalue weighted by Gasteiger charge is 2.44. The molecule has 3 atom stereocenters. The standard InChI is InChI=1S/C48H53ClN8O9S/c1-48(2)13-11-32(38(24-48)30-3-5-33(49)6-4-30)26-54-15-17-55(18-16-54)34-7-9-37(40(22-34)56-42-21-31-12-14-50-45(31)52-47(42)66-44-29-64-28-43(44)56)46(58)53-67(61,62)36-8-10-39(41(23-36)57(59)60)51-25-35-27-63-19-20-65-35/h3-10,12,14,21-23,35,43-44,51H,11,13,15-20,24-29H2,1-2H3,(H,50,52)(H,53,58)/t35-,43+,44-/m0/s1. The quantitative estimate of drug-likeness (QED) is 0.0843. The molecule has 3 fully saturated rings. The number of sulfonamides is 1. The van der Waals surface area contributed by atoms with E-state index in [0.717, 1.165) is 74.1 Å². The molecule has 10 rings (SSSR count). The van der Waals surface area contributed by atoms with E-state index >= 15 is 0 Å². The van der Waals surface area contributed by atoms with Gasteiger partial charge >= 0.3 is 0 Å². The zero-order chi connectivity index (χ0) is 46.5. The number of allylic oxidation sites excluding steroid dienone is 1. The molecule has 17 nitrogen and oxygen atoms in total. The number of nitrogens with one attached hydrogen (secondary N) is 3. The molecule has 2 aromatic heterocycles. The second-order valence-corrected chi connectivity index (χ2v) is 20.7. The number of hydrogen-bond donors (Lipinski definition) is 3. The van der Waals surface area contributed by atoms with Crippen molar-refractivity contribution >= 4 is 72.6 Å². The average Bonchev–Trinajstić information content (AvgIpc) is 4.00. The number of nitrogens with zero attached hydrogens (tertiary/aromatic N) is 5. The molecule has 67 heavy (non-hydrogen) atoms. The summed E-state index contributed by atoms with van der Waals surface area (Å²) in [5, 5.41) is 16.7. The Morgan fingerprint density at radius 3 is 2.57 bits per heavy atom. The molecular weight excluding hydrogens is 900 g/mol. The molecule has 3 N–H and O–H groups in total. The van der Waals surface area contributed by atoms with Gasteiger partial charge in [-0.2, -0.15) is 4.98 Å². The number of nitro groups is 1. The summed E-state index contributed by atoms with van der Waals surface area (Å²) in [7, 11) is -4.63. The molecule has 6 heterocycles. The molecular formula is C48H53ClN8O9S. The van der Waals surface area contributed by atoms with E-state index in [1.54, 1.807) is 12.3 Å². The van der Waals surface area contributed by atoms with Crippen molar-refractivity contribution in [1.29, 1.82) is 0 Å². The molecule has 0 spiro atoms. The lowest BCUT2D eigenvalue weighted by atomic mass is 9.72. The van der Waals surface area contributed by atoms with Crippen LogP contribution in [0.25, 0.3) is 16.6 Å². The highest BCUT2D eigenvalue weighted by atomic mass is 35.5. The smallest absolute Gasteiger partial charge is 0.293 e. The second-order valence-electron chi connectivity index (χ2n) is 18.6. The Hall–Kier alpha value is -5.76. The third-order valence-electron chi connectivity index (χ3n) is 13.5. The molecule has 0 radical (unpaired) electrons. The van der Waals surface area contributed by atoms with Gasteiger partial charge in [-0.3, -0.25) is 19.8 Å². The predicted octanol–water partition coefficient (Wildman–Crippen LogP) is 7.15. The molecule has 3 aromatic carbocycles. The minimum Gasteiger partial charge on any atom is -0.468 e. The van der Waals surface area contributed by atoms with Gasteiger partial charge in [-0.15, -0.1) is 0 Å². The van der Waals surface area contributed by atoms with Gasteiger partial charge < -0.3 is 39.0 Å². The number of anilines is 4. The Labute approximate surface area is 393 Å². The highest BCUT2D eigenvalue weighted by Crippen LogP contribution is 2.46. The van der Waals surface area contributed by atoms with Gasteiger partial charge in [0.25, 0.3) is 21.6 Å². The van der Waals surface area contributed by atoms with Crippen LogP contribution in [0.5, 0.6) is 5.88 Å². The fourth-order valence-corrected chi connectivity index (χ4v) is 10.9. The number of amides is 1. The predicted molar refractivity (Wildman–Crippen MR) is 255 cm³/mol. The Morgan fingerprint density at radius 2 is 1.79 bits per heavy atom. The van der Waals surface area contributed by atoms with E-state index in [9.17, 15) is 23.3 Å². The SMILES string of the molecule is CC1(C)CCC(CN2CCN(c3ccc(C(=O)NS(=O)(=O)c4ccc(NC[C@H]5COCCO5)c([N+](=O)[O-])c4)c(N4c5cc6cc[nH]c6nc5O[C@H]5COC[C@H]54)c3)CC2)=C(c2ccc(Cl)cc2)C1. The number of aromatic nitrogens is 2. The van der Waals surface area contributed by atoms with Crippen LogP contribution in [0.3, 0.4) is 0 Å². The molecule has 19 heteroatoms. The van der Waals surface area contributed by atoms with Crippen LogP contribution in [0.15, 0.2) is 89.5 Å². The number of piperazine rings is 1. The minimum absolute atomic E-state index is 0.0722. The van der Waals surface area contributed by atoms with Crippen LogP contribution in [-0.2, 0) is 24.2 Å². The minimum atomic E-state index is -4.63. The summed E-state index contributed by atoms with van der Waals surface area (Å²) < 4.78 is 53.7. The molecule has 4 aliphatic heterocycles. The summed E-state index contributed by atoms with van der Waals surface area (Å²) in [6.45, 7) is 10.6. The summed E-state index contributed by atoms with van der Waals surface area (Å²) in [6, 6.07) is 20.5. The van der Waals surface area contributed by atoms with E-state index in [2.05, 4.69) is 50.8 Å². The molecule has 5 aliphatic rings. The van der Waals surface area contributed by atoms with Crippen LogP contribution in [0.2, 0.25) is 5.02 Å². The lowest BCUT2D eigenvalue weighted by Crippen LogP contribution is -2.48. The maximum atomic E-state index is 14.5. The fraction of sp³-hybridized carbons (Fsp3) is 0.417. The number of fused-ring (bicyclic) bond motifs is 3. The Bertz CT molecular complexity index is 2840. The molecule has 3 saturated heterocycles. The molecule has 1 amide bonds. The lowest BCUT2D eigenvalue weighted by molar-refractivity contribution is -0.384. The van der Waals surface area contributed by atoms with E-state index < -0.39 is 37.5 Å². The number of carbonyl (C=O) groups excluding carboxylic acids is 1. The van der Waals surface area contributed by atoms with Gasteiger partial charge in [0.05, 0.1) is 66.2 Å². The number of hydrogen-bond acceptors (Lipinski definition) is 14. The van der Waals surface area contributed by atoms with Gasteiger partial charge in [0.15, 0.2) is 0 Å². The summed E-state index contributed by atoms with van der Waals surface area (Å²) in [5.41, 5.74) is 6.55. The van der Waals surface area contributed by atoms with Crippen molar-refractivity contribution in [2.75, 3.05) is 87.4 Å². The molecule has 0 unspecified atom stereocenters. The average molecular weight is 954 g/mol. The largest absolute Gasteiger partial charge is 0.468 e. The first kappa shape index (κ1) is 45.0. The summed E-state index contributed by atoms with van der Waals surface area (Å²) in [6.07, 6.45) is 4.20. The number of aromatic amines is 1. The van der Waals surface area contributed by atoms with E-state index in [1.165, 1.54) is 28.8 Å². The number of nitro benzene ring substituents is 1. The number of benzene rings is 3. The first-order valence-corrected chi connectivity index (χ1v) is 24.5. The van der Waals surface area contributed by atoms with Gasteiger partial charge in [-0.1, -0.05) is 43.2 Å². The van der Waals surface area contributed by atoms with Crippen molar-refractivity contribution in [2.45, 2.75) is 56.3 Å². The van der Waals surface area contributed by atoms with E-state index in [0.29, 0.717) is 49.3 Å². The van der Waals surface area contributed by atoms with Gasteiger partial charge in [-0.05, 0) is 90.4 Å². The van der Waals surface area contributed by atoms with Crippen LogP contribution in [0, 0.1) is 15.5 Å². The summed E-state index contributed by atoms with van der Waals surface area (Å²) in [4.78, 5) is 40.4. The van der Waals surface area contributed by atoms with Gasteiger partial charge in [0.2, 0.25) is 5.88 Å². The molecule has 1 aliphatic carbocycles. The van der Waals surface area contributed by atoms with Gasteiger partial charge in [-0.25, -0.2) is 13.1 Å². The van der Waals surface area contributed by atoms with Crippen LogP contribution in [0.4, 0.5) is 28.4 Å². The zero-order valence-electron chi connectivity index (χ0n) is 37.3. The van der Waals surface area contributed by atoms with Crippen molar-refractivity contribution in [1.82, 2.24) is 19.6 Å². The topological polar surface area (TPSA) is 194 Å². The highest BCUT2D eigenvalue weighted by molar-refractivity contribution is 7.90. The first-order valence-electron chi connectivity index (χ1n) is 22.7. The van der Waals surface area contributed by atoms with Crippen molar-refractivity contribution in [2.24, 2.45) is 5.41 Å². The van der Waals surface area contributed by atoms with Crippen LogP contribution >= 0.6 is 11.6 Å². The third-order valence-corrected chi connectivity index (χ3v) is 15.0. The maximum Gasteiger partial charge on any atom is 0.293 e. The third kappa shape index (κ3) is 9.42. The number of halogens is 1. The zero-order valence-corrected chi connectivity index (χ0v) is 38.9. The number of ether oxygens (including phenoxy) is 4. The molecule has 0 bridgehead atoms. The van der Waals surface area contributed by atoms with Crippen LogP contribution in [0.1, 0.15) is 49.0 Å². The number of carbonyl (C=O) groups is 1. The fourth-order valence-electron chi connectivity index (χ4n) is 9.82. The number of H-pyrrole nitrogens is 1. The number of pyridine rings is 1. The van der Waals surface area contributed by atoms with Crippen molar-refractivity contribution in [3.8, 4) is 5.88 Å².